The molecular weight excluding hydrogens is 196 g/mol. The standard InChI is InChI=1S/C14H30N2/c1-5-9-12(3)16-11-8-7-10-14(16)13(4)15-6-2/h12-15H,5-11H2,1-4H3. The highest BCUT2D eigenvalue weighted by Gasteiger charge is 2.29. The van der Waals surface area contributed by atoms with E-state index < -0.39 is 0 Å². The van der Waals surface area contributed by atoms with Gasteiger partial charge in [-0.3, -0.25) is 4.90 Å². The minimum Gasteiger partial charge on any atom is -0.313 e. The lowest BCUT2D eigenvalue weighted by Crippen LogP contribution is -2.54. The highest BCUT2D eigenvalue weighted by Crippen LogP contribution is 2.23. The largest absolute Gasteiger partial charge is 0.313 e. The fraction of sp³-hybridized carbons (Fsp3) is 1.00. The van der Waals surface area contributed by atoms with Crippen LogP contribution in [-0.4, -0.2) is 36.1 Å². The van der Waals surface area contributed by atoms with E-state index in [4.69, 9.17) is 0 Å². The molecule has 1 fully saturated rings. The molecule has 0 bridgehead atoms. The van der Waals surface area contributed by atoms with Crippen LogP contribution in [0, 0.1) is 0 Å². The molecule has 0 spiro atoms. The molecule has 0 radical (unpaired) electrons. The van der Waals surface area contributed by atoms with Gasteiger partial charge in [0, 0.05) is 18.1 Å². The Labute approximate surface area is 102 Å². The maximum absolute atomic E-state index is 3.60. The van der Waals surface area contributed by atoms with Gasteiger partial charge >= 0.3 is 0 Å². The summed E-state index contributed by atoms with van der Waals surface area (Å²) in [5.74, 6) is 0. The van der Waals surface area contributed by atoms with Gasteiger partial charge in [0.1, 0.15) is 0 Å². The summed E-state index contributed by atoms with van der Waals surface area (Å²) >= 11 is 0. The molecule has 1 aliphatic heterocycles. The van der Waals surface area contributed by atoms with Crippen molar-refractivity contribution in [2.24, 2.45) is 0 Å². The van der Waals surface area contributed by atoms with Crippen LogP contribution < -0.4 is 5.32 Å². The van der Waals surface area contributed by atoms with E-state index >= 15 is 0 Å². The Bertz CT molecular complexity index is 162. The molecule has 0 aromatic heterocycles. The average Bonchev–Trinajstić information content (AvgIpc) is 2.30. The van der Waals surface area contributed by atoms with Gasteiger partial charge in [0.15, 0.2) is 0 Å². The van der Waals surface area contributed by atoms with Gasteiger partial charge in [0.2, 0.25) is 0 Å². The second-order valence-corrected chi connectivity index (χ2v) is 5.29. The van der Waals surface area contributed by atoms with E-state index in [0.717, 1.165) is 18.6 Å². The smallest absolute Gasteiger partial charge is 0.0249 e. The summed E-state index contributed by atoms with van der Waals surface area (Å²) < 4.78 is 0. The number of nitrogens with one attached hydrogen (secondary N) is 1. The lowest BCUT2D eigenvalue weighted by molar-refractivity contribution is 0.0762. The molecule has 16 heavy (non-hydrogen) atoms. The zero-order chi connectivity index (χ0) is 12.0. The molecule has 0 amide bonds. The summed E-state index contributed by atoms with van der Waals surface area (Å²) in [6.45, 7) is 11.7. The number of hydrogen-bond donors (Lipinski definition) is 1. The first-order chi connectivity index (χ1) is 7.70. The highest BCUT2D eigenvalue weighted by atomic mass is 15.2. The van der Waals surface area contributed by atoms with Gasteiger partial charge in [-0.15, -0.1) is 0 Å². The molecule has 0 aromatic carbocycles. The van der Waals surface area contributed by atoms with Crippen molar-refractivity contribution in [1.29, 1.82) is 0 Å². The minimum absolute atomic E-state index is 0.643. The minimum atomic E-state index is 0.643. The fourth-order valence-corrected chi connectivity index (χ4v) is 3.11. The molecule has 3 unspecified atom stereocenters. The van der Waals surface area contributed by atoms with E-state index in [1.54, 1.807) is 0 Å². The first-order valence-electron chi connectivity index (χ1n) is 7.19. The van der Waals surface area contributed by atoms with Gasteiger partial charge in [0.25, 0.3) is 0 Å². The lowest BCUT2D eigenvalue weighted by atomic mass is 9.94. The molecule has 96 valence electrons. The zero-order valence-electron chi connectivity index (χ0n) is 11.6. The molecule has 0 saturated carbocycles. The van der Waals surface area contributed by atoms with Crippen LogP contribution >= 0.6 is 0 Å². The number of likely N-dealkylation sites (tertiary alicyclic amines) is 1. The summed E-state index contributed by atoms with van der Waals surface area (Å²) in [5, 5.41) is 3.60. The molecule has 2 heteroatoms. The Morgan fingerprint density at radius 1 is 1.25 bits per heavy atom. The fourth-order valence-electron chi connectivity index (χ4n) is 3.11. The van der Waals surface area contributed by atoms with Gasteiger partial charge in [-0.2, -0.15) is 0 Å². The molecule has 0 aromatic rings. The van der Waals surface area contributed by atoms with Crippen LogP contribution in [0.15, 0.2) is 0 Å². The number of nitrogens with zero attached hydrogens (tertiary/aromatic N) is 1. The van der Waals surface area contributed by atoms with Crippen molar-refractivity contribution < 1.29 is 0 Å². The molecule has 2 nitrogen and oxygen atoms in total. The second kappa shape index (κ2) is 7.29. The monoisotopic (exact) mass is 226 g/mol. The highest BCUT2D eigenvalue weighted by molar-refractivity contribution is 4.87. The Balaban J connectivity index is 2.55. The van der Waals surface area contributed by atoms with Crippen molar-refractivity contribution >= 4 is 0 Å². The van der Waals surface area contributed by atoms with Crippen molar-refractivity contribution in [3.63, 3.8) is 0 Å². The topological polar surface area (TPSA) is 15.3 Å². The van der Waals surface area contributed by atoms with E-state index in [-0.39, 0.29) is 0 Å². The number of piperidine rings is 1. The summed E-state index contributed by atoms with van der Waals surface area (Å²) in [4.78, 5) is 2.75. The normalized spacial score (nSPS) is 26.6. The van der Waals surface area contributed by atoms with E-state index in [1.807, 2.05) is 0 Å². The van der Waals surface area contributed by atoms with Gasteiger partial charge in [-0.25, -0.2) is 0 Å². The Kier molecular flexibility index (Phi) is 6.37. The molecular formula is C14H30N2. The van der Waals surface area contributed by atoms with Crippen LogP contribution in [0.4, 0.5) is 0 Å². The van der Waals surface area contributed by atoms with Gasteiger partial charge in [-0.05, 0) is 46.2 Å². The quantitative estimate of drug-likeness (QED) is 0.749. The van der Waals surface area contributed by atoms with Crippen LogP contribution in [-0.2, 0) is 0 Å². The van der Waals surface area contributed by atoms with Crippen LogP contribution in [0.5, 0.6) is 0 Å². The second-order valence-electron chi connectivity index (χ2n) is 5.29. The number of rotatable bonds is 6. The molecule has 0 aliphatic carbocycles. The zero-order valence-corrected chi connectivity index (χ0v) is 11.6. The third-order valence-corrected chi connectivity index (χ3v) is 3.97. The third-order valence-electron chi connectivity index (χ3n) is 3.97. The summed E-state index contributed by atoms with van der Waals surface area (Å²) in [6.07, 6.45) is 6.83. The first-order valence-corrected chi connectivity index (χ1v) is 7.19. The van der Waals surface area contributed by atoms with Crippen LogP contribution in [0.1, 0.15) is 59.8 Å². The third kappa shape index (κ3) is 3.74. The molecule has 1 aliphatic rings. The lowest BCUT2D eigenvalue weighted by Gasteiger charge is -2.43. The summed E-state index contributed by atoms with van der Waals surface area (Å²) in [7, 11) is 0. The van der Waals surface area contributed by atoms with E-state index in [0.29, 0.717) is 6.04 Å². The molecule has 1 rings (SSSR count). The molecule has 3 atom stereocenters. The predicted molar refractivity (Wildman–Crippen MR) is 71.9 cm³/mol. The van der Waals surface area contributed by atoms with Crippen molar-refractivity contribution in [1.82, 2.24) is 10.2 Å². The predicted octanol–water partition coefficient (Wildman–Crippen LogP) is 3.03. The van der Waals surface area contributed by atoms with Gasteiger partial charge < -0.3 is 5.32 Å². The summed E-state index contributed by atoms with van der Waals surface area (Å²) in [6, 6.07) is 2.16. The van der Waals surface area contributed by atoms with Crippen LogP contribution in [0.25, 0.3) is 0 Å². The molecule has 1 heterocycles. The maximum atomic E-state index is 3.60. The first kappa shape index (κ1) is 14.0. The van der Waals surface area contributed by atoms with Gasteiger partial charge in [-0.1, -0.05) is 26.7 Å². The van der Waals surface area contributed by atoms with Crippen LogP contribution in [0.2, 0.25) is 0 Å². The van der Waals surface area contributed by atoms with Crippen molar-refractivity contribution in [2.45, 2.75) is 77.9 Å². The van der Waals surface area contributed by atoms with Crippen LogP contribution in [0.3, 0.4) is 0 Å². The van der Waals surface area contributed by atoms with Crippen molar-refractivity contribution in [3.8, 4) is 0 Å². The number of hydrogen-bond acceptors (Lipinski definition) is 2. The SMILES string of the molecule is CCCC(C)N1CCCCC1C(C)NCC. The maximum Gasteiger partial charge on any atom is 0.0249 e. The molecule has 1 saturated heterocycles. The van der Waals surface area contributed by atoms with E-state index in [9.17, 15) is 0 Å². The Hall–Kier alpha value is -0.0800. The van der Waals surface area contributed by atoms with E-state index in [2.05, 4.69) is 37.9 Å². The van der Waals surface area contributed by atoms with E-state index in [1.165, 1.54) is 38.6 Å². The van der Waals surface area contributed by atoms with Crippen molar-refractivity contribution in [3.05, 3.63) is 0 Å². The van der Waals surface area contributed by atoms with Gasteiger partial charge in [0.05, 0.1) is 0 Å². The average molecular weight is 226 g/mol. The Morgan fingerprint density at radius 3 is 2.62 bits per heavy atom. The summed E-state index contributed by atoms with van der Waals surface area (Å²) in [5.41, 5.74) is 0. The number of likely N-dealkylation sites (N-methyl/N-ethyl adjacent to an activating group) is 1. The van der Waals surface area contributed by atoms with Crippen molar-refractivity contribution in [2.75, 3.05) is 13.1 Å². The molecule has 1 N–H and O–H groups in total. The Morgan fingerprint density at radius 2 is 2.00 bits per heavy atom.